The van der Waals surface area contributed by atoms with E-state index in [0.29, 0.717) is 17.9 Å². The molecule has 0 amide bonds. The van der Waals surface area contributed by atoms with Crippen LogP contribution in [0.4, 0.5) is 8.78 Å². The number of nitriles is 1. The minimum Gasteiger partial charge on any atom is -0.203 e. The van der Waals surface area contributed by atoms with Crippen LogP contribution in [-0.2, 0) is 6.42 Å². The first kappa shape index (κ1) is 15.9. The smallest absolute Gasteiger partial charge is 0.176 e. The molecule has 1 saturated carbocycles. The Morgan fingerprint density at radius 3 is 2.24 bits per heavy atom. The minimum atomic E-state index is -0.998. The molecule has 1 aliphatic rings. The van der Waals surface area contributed by atoms with E-state index in [1.54, 1.807) is 12.1 Å². The molecule has 3 heteroatoms. The molecule has 0 unspecified atom stereocenters. The predicted octanol–water partition coefficient (Wildman–Crippen LogP) is 5.38. The SMILES string of the molecule is CCCC1CCC(CCc2ccc(C#N)c(F)c2F)CC1. The lowest BCUT2D eigenvalue weighted by molar-refractivity contribution is 0.251. The lowest BCUT2D eigenvalue weighted by Gasteiger charge is -2.28. The number of hydrogen-bond donors (Lipinski definition) is 0. The first-order chi connectivity index (χ1) is 10.2. The third kappa shape index (κ3) is 4.03. The van der Waals surface area contributed by atoms with E-state index in [2.05, 4.69) is 6.92 Å². The summed E-state index contributed by atoms with van der Waals surface area (Å²) in [6.07, 6.45) is 9.05. The summed E-state index contributed by atoms with van der Waals surface area (Å²) in [6.45, 7) is 2.23. The maximum atomic E-state index is 13.8. The maximum Gasteiger partial charge on any atom is 0.176 e. The van der Waals surface area contributed by atoms with Gasteiger partial charge in [-0.25, -0.2) is 8.78 Å². The van der Waals surface area contributed by atoms with Crippen molar-refractivity contribution in [3.8, 4) is 6.07 Å². The van der Waals surface area contributed by atoms with E-state index in [9.17, 15) is 8.78 Å². The average molecular weight is 291 g/mol. The van der Waals surface area contributed by atoms with Crippen molar-refractivity contribution in [2.75, 3.05) is 0 Å². The van der Waals surface area contributed by atoms with E-state index >= 15 is 0 Å². The number of hydrogen-bond acceptors (Lipinski definition) is 1. The highest BCUT2D eigenvalue weighted by atomic mass is 19.2. The summed E-state index contributed by atoms with van der Waals surface area (Å²) in [5, 5.41) is 8.68. The summed E-state index contributed by atoms with van der Waals surface area (Å²) in [7, 11) is 0. The first-order valence-electron chi connectivity index (χ1n) is 8.02. The van der Waals surface area contributed by atoms with Crippen molar-refractivity contribution in [1.29, 1.82) is 5.26 Å². The standard InChI is InChI=1S/C18H23F2N/c1-2-3-13-4-6-14(7-5-13)8-9-15-10-11-16(12-21)18(20)17(15)19/h10-11,13-14H,2-9H2,1H3. The molecule has 0 aromatic heterocycles. The lowest BCUT2D eigenvalue weighted by atomic mass is 9.78. The van der Waals surface area contributed by atoms with Gasteiger partial charge in [0.05, 0.1) is 5.56 Å². The van der Waals surface area contributed by atoms with E-state index in [-0.39, 0.29) is 5.56 Å². The first-order valence-corrected chi connectivity index (χ1v) is 8.02. The van der Waals surface area contributed by atoms with Crippen LogP contribution in [0.5, 0.6) is 0 Å². The highest BCUT2D eigenvalue weighted by Gasteiger charge is 2.21. The molecule has 1 fully saturated rings. The van der Waals surface area contributed by atoms with Gasteiger partial charge < -0.3 is 0 Å². The lowest BCUT2D eigenvalue weighted by Crippen LogP contribution is -2.15. The average Bonchev–Trinajstić information content (AvgIpc) is 2.50. The van der Waals surface area contributed by atoms with Crippen LogP contribution in [0.15, 0.2) is 12.1 Å². The van der Waals surface area contributed by atoms with Gasteiger partial charge in [0, 0.05) is 0 Å². The summed E-state index contributed by atoms with van der Waals surface area (Å²) in [6, 6.07) is 4.61. The molecule has 0 bridgehead atoms. The van der Waals surface area contributed by atoms with Crippen LogP contribution in [0, 0.1) is 34.8 Å². The van der Waals surface area contributed by atoms with Crippen LogP contribution >= 0.6 is 0 Å². The van der Waals surface area contributed by atoms with Crippen LogP contribution in [0.25, 0.3) is 0 Å². The van der Waals surface area contributed by atoms with Crippen molar-refractivity contribution in [1.82, 2.24) is 0 Å². The molecular weight excluding hydrogens is 268 g/mol. The van der Waals surface area contributed by atoms with E-state index in [4.69, 9.17) is 5.26 Å². The van der Waals surface area contributed by atoms with Gasteiger partial charge >= 0.3 is 0 Å². The van der Waals surface area contributed by atoms with Crippen molar-refractivity contribution >= 4 is 0 Å². The van der Waals surface area contributed by atoms with Gasteiger partial charge in [0.15, 0.2) is 11.6 Å². The van der Waals surface area contributed by atoms with E-state index in [1.807, 2.05) is 0 Å². The number of nitrogens with zero attached hydrogens (tertiary/aromatic N) is 1. The zero-order chi connectivity index (χ0) is 15.2. The van der Waals surface area contributed by atoms with Crippen LogP contribution in [0.3, 0.4) is 0 Å². The van der Waals surface area contributed by atoms with Crippen LogP contribution in [0.2, 0.25) is 0 Å². The fraction of sp³-hybridized carbons (Fsp3) is 0.611. The van der Waals surface area contributed by atoms with Gasteiger partial charge in [-0.1, -0.05) is 51.5 Å². The third-order valence-electron chi connectivity index (χ3n) is 4.77. The molecule has 0 aliphatic heterocycles. The summed E-state index contributed by atoms with van der Waals surface area (Å²) in [4.78, 5) is 0. The fourth-order valence-electron chi connectivity index (χ4n) is 3.45. The Bertz CT molecular complexity index is 511. The Balaban J connectivity index is 1.87. The summed E-state index contributed by atoms with van der Waals surface area (Å²) >= 11 is 0. The number of halogens is 2. The monoisotopic (exact) mass is 291 g/mol. The highest BCUT2D eigenvalue weighted by Crippen LogP contribution is 2.34. The molecule has 0 saturated heterocycles. The van der Waals surface area contributed by atoms with Crippen molar-refractivity contribution < 1.29 is 8.78 Å². The molecule has 1 nitrogen and oxygen atoms in total. The summed E-state index contributed by atoms with van der Waals surface area (Å²) in [5.74, 6) is -0.332. The molecule has 114 valence electrons. The molecule has 0 spiro atoms. The normalized spacial score (nSPS) is 22.0. The molecule has 21 heavy (non-hydrogen) atoms. The quantitative estimate of drug-likeness (QED) is 0.715. The molecule has 0 radical (unpaired) electrons. The summed E-state index contributed by atoms with van der Waals surface area (Å²) in [5.41, 5.74) is 0.193. The van der Waals surface area contributed by atoms with Gasteiger partial charge in [-0.05, 0) is 36.3 Å². The molecule has 1 aromatic carbocycles. The molecule has 0 N–H and O–H groups in total. The second-order valence-electron chi connectivity index (χ2n) is 6.23. The zero-order valence-electron chi connectivity index (χ0n) is 12.7. The molecule has 1 aliphatic carbocycles. The number of benzene rings is 1. The van der Waals surface area contributed by atoms with Crippen molar-refractivity contribution in [2.45, 2.75) is 58.3 Å². The van der Waals surface area contributed by atoms with Crippen LogP contribution < -0.4 is 0 Å². The molecular formula is C18H23F2N. The van der Waals surface area contributed by atoms with Gasteiger partial charge in [-0.2, -0.15) is 5.26 Å². The number of aryl methyl sites for hydroxylation is 1. The van der Waals surface area contributed by atoms with Crippen LogP contribution in [-0.4, -0.2) is 0 Å². The van der Waals surface area contributed by atoms with Gasteiger partial charge in [0.25, 0.3) is 0 Å². The second-order valence-corrected chi connectivity index (χ2v) is 6.23. The van der Waals surface area contributed by atoms with E-state index < -0.39 is 11.6 Å². The molecule has 1 aromatic rings. The van der Waals surface area contributed by atoms with Gasteiger partial charge in [-0.3, -0.25) is 0 Å². The molecule has 2 rings (SSSR count). The third-order valence-corrected chi connectivity index (χ3v) is 4.77. The Hall–Kier alpha value is -1.43. The van der Waals surface area contributed by atoms with Crippen molar-refractivity contribution in [2.24, 2.45) is 11.8 Å². The zero-order valence-corrected chi connectivity index (χ0v) is 12.7. The molecule has 0 heterocycles. The molecule has 0 atom stereocenters. The Morgan fingerprint density at radius 1 is 1.05 bits per heavy atom. The van der Waals surface area contributed by atoms with Crippen LogP contribution in [0.1, 0.15) is 63.0 Å². The van der Waals surface area contributed by atoms with Gasteiger partial charge in [0.2, 0.25) is 0 Å². The largest absolute Gasteiger partial charge is 0.203 e. The van der Waals surface area contributed by atoms with E-state index in [1.165, 1.54) is 44.6 Å². The highest BCUT2D eigenvalue weighted by molar-refractivity contribution is 5.34. The fourth-order valence-corrected chi connectivity index (χ4v) is 3.45. The second kappa shape index (κ2) is 7.54. The van der Waals surface area contributed by atoms with Gasteiger partial charge in [-0.15, -0.1) is 0 Å². The van der Waals surface area contributed by atoms with E-state index in [0.717, 1.165) is 12.3 Å². The topological polar surface area (TPSA) is 23.8 Å². The van der Waals surface area contributed by atoms with Crippen molar-refractivity contribution in [3.63, 3.8) is 0 Å². The summed E-state index contributed by atoms with van der Waals surface area (Å²) < 4.78 is 27.4. The van der Waals surface area contributed by atoms with Gasteiger partial charge in [0.1, 0.15) is 6.07 Å². The Labute approximate surface area is 126 Å². The van der Waals surface area contributed by atoms with Crippen molar-refractivity contribution in [3.05, 3.63) is 34.9 Å². The Kier molecular flexibility index (Phi) is 5.73. The minimum absolute atomic E-state index is 0.212. The predicted molar refractivity (Wildman–Crippen MR) is 79.8 cm³/mol. The maximum absolute atomic E-state index is 13.8. The Morgan fingerprint density at radius 2 is 1.67 bits per heavy atom. The number of rotatable bonds is 5.